The summed E-state index contributed by atoms with van der Waals surface area (Å²) in [6, 6.07) is 8.38. The van der Waals surface area contributed by atoms with Crippen molar-refractivity contribution in [2.75, 3.05) is 6.54 Å². The number of tetrazole rings is 1. The van der Waals surface area contributed by atoms with Crippen LogP contribution in [0.15, 0.2) is 24.3 Å². The van der Waals surface area contributed by atoms with E-state index in [1.165, 1.54) is 11.1 Å². The van der Waals surface area contributed by atoms with Crippen molar-refractivity contribution in [2.24, 2.45) is 0 Å². The van der Waals surface area contributed by atoms with Crippen LogP contribution < -0.4 is 5.32 Å². The Hall–Kier alpha value is -1.75. The summed E-state index contributed by atoms with van der Waals surface area (Å²) < 4.78 is 1.83. The first-order valence-corrected chi connectivity index (χ1v) is 5.81. The molecule has 0 aliphatic heterocycles. The summed E-state index contributed by atoms with van der Waals surface area (Å²) >= 11 is 0. The highest BCUT2D eigenvalue weighted by molar-refractivity contribution is 5.22. The lowest BCUT2D eigenvalue weighted by molar-refractivity contribution is 0.588. The number of aryl methyl sites for hydroxylation is 1. The molecule has 17 heavy (non-hydrogen) atoms. The zero-order valence-corrected chi connectivity index (χ0v) is 10.2. The van der Waals surface area contributed by atoms with E-state index in [2.05, 4.69) is 59.0 Å². The summed E-state index contributed by atoms with van der Waals surface area (Å²) in [5.41, 5.74) is 2.47. The van der Waals surface area contributed by atoms with Crippen LogP contribution in [0.1, 0.15) is 23.9 Å². The van der Waals surface area contributed by atoms with Gasteiger partial charge >= 0.3 is 0 Å². The number of aromatic nitrogens is 4. The summed E-state index contributed by atoms with van der Waals surface area (Å²) in [6.45, 7) is 6.49. The second-order valence-electron chi connectivity index (χ2n) is 4.02. The second-order valence-corrected chi connectivity index (χ2v) is 4.02. The van der Waals surface area contributed by atoms with Crippen molar-refractivity contribution >= 4 is 0 Å². The number of nitrogens with zero attached hydrogens (tertiary/aromatic N) is 4. The van der Waals surface area contributed by atoms with Crippen LogP contribution in [0, 0.1) is 6.92 Å². The Bertz CT molecular complexity index is 477. The normalized spacial score (nSPS) is 10.7. The average Bonchev–Trinajstić information content (AvgIpc) is 2.74. The molecular formula is C12H17N5. The minimum Gasteiger partial charge on any atom is -0.310 e. The van der Waals surface area contributed by atoms with Crippen LogP contribution in [0.3, 0.4) is 0 Å². The van der Waals surface area contributed by atoms with E-state index >= 15 is 0 Å². The lowest BCUT2D eigenvalue weighted by Gasteiger charge is -2.05. The standard InChI is InChI=1S/C12H17N5/c1-3-13-8-12-14-15-16-17(12)9-11-6-4-5-10(2)7-11/h4-7,13H,3,8-9H2,1-2H3. The minimum absolute atomic E-state index is 0.704. The molecule has 0 atom stereocenters. The lowest BCUT2D eigenvalue weighted by atomic mass is 10.1. The number of benzene rings is 1. The van der Waals surface area contributed by atoms with Crippen LogP contribution in [0.5, 0.6) is 0 Å². The third-order valence-electron chi connectivity index (χ3n) is 2.55. The van der Waals surface area contributed by atoms with Crippen LogP contribution in [-0.4, -0.2) is 26.8 Å². The summed E-state index contributed by atoms with van der Waals surface area (Å²) in [7, 11) is 0. The van der Waals surface area contributed by atoms with Crippen molar-refractivity contribution in [3.8, 4) is 0 Å². The first-order valence-electron chi connectivity index (χ1n) is 5.81. The molecule has 2 aromatic rings. The van der Waals surface area contributed by atoms with Crippen molar-refractivity contribution in [2.45, 2.75) is 26.9 Å². The Balaban J connectivity index is 2.10. The smallest absolute Gasteiger partial charge is 0.165 e. The van der Waals surface area contributed by atoms with E-state index in [-0.39, 0.29) is 0 Å². The third-order valence-corrected chi connectivity index (χ3v) is 2.55. The van der Waals surface area contributed by atoms with Crippen molar-refractivity contribution in [3.63, 3.8) is 0 Å². The van der Waals surface area contributed by atoms with Crippen molar-refractivity contribution in [1.29, 1.82) is 0 Å². The SMILES string of the molecule is CCNCc1nnnn1Cc1cccc(C)c1. The van der Waals surface area contributed by atoms with E-state index in [9.17, 15) is 0 Å². The fourth-order valence-electron chi connectivity index (χ4n) is 1.69. The molecule has 0 aliphatic rings. The van der Waals surface area contributed by atoms with Gasteiger partial charge in [0, 0.05) is 0 Å². The highest BCUT2D eigenvalue weighted by Gasteiger charge is 2.05. The largest absolute Gasteiger partial charge is 0.310 e. The molecule has 0 saturated heterocycles. The van der Waals surface area contributed by atoms with Crippen molar-refractivity contribution in [3.05, 3.63) is 41.2 Å². The summed E-state index contributed by atoms with van der Waals surface area (Å²) in [6.07, 6.45) is 0. The van der Waals surface area contributed by atoms with Crippen LogP contribution in [0.25, 0.3) is 0 Å². The molecule has 1 aromatic heterocycles. The molecule has 1 heterocycles. The van der Waals surface area contributed by atoms with Gasteiger partial charge in [0.05, 0.1) is 13.1 Å². The van der Waals surface area contributed by atoms with Gasteiger partial charge in [0.25, 0.3) is 0 Å². The van der Waals surface area contributed by atoms with E-state index < -0.39 is 0 Å². The summed E-state index contributed by atoms with van der Waals surface area (Å²) in [5.74, 6) is 0.869. The van der Waals surface area contributed by atoms with E-state index in [1.54, 1.807) is 0 Å². The van der Waals surface area contributed by atoms with Crippen LogP contribution in [0.2, 0.25) is 0 Å². The molecule has 2 rings (SSSR count). The Labute approximate surface area is 101 Å². The molecule has 0 radical (unpaired) electrons. The maximum absolute atomic E-state index is 4.01. The van der Waals surface area contributed by atoms with Gasteiger partial charge in [0.15, 0.2) is 5.82 Å². The monoisotopic (exact) mass is 231 g/mol. The van der Waals surface area contributed by atoms with Crippen LogP contribution in [0.4, 0.5) is 0 Å². The molecule has 0 bridgehead atoms. The number of hydrogen-bond acceptors (Lipinski definition) is 4. The van der Waals surface area contributed by atoms with E-state index in [1.807, 2.05) is 4.68 Å². The second kappa shape index (κ2) is 5.54. The van der Waals surface area contributed by atoms with Gasteiger partial charge in [-0.05, 0) is 29.5 Å². The zero-order valence-electron chi connectivity index (χ0n) is 10.2. The molecule has 0 aliphatic carbocycles. The number of hydrogen-bond donors (Lipinski definition) is 1. The predicted octanol–water partition coefficient (Wildman–Crippen LogP) is 1.14. The van der Waals surface area contributed by atoms with Gasteiger partial charge in [-0.1, -0.05) is 36.8 Å². The quantitative estimate of drug-likeness (QED) is 0.838. The molecule has 0 fully saturated rings. The van der Waals surface area contributed by atoms with Crippen LogP contribution >= 0.6 is 0 Å². The minimum atomic E-state index is 0.704. The highest BCUT2D eigenvalue weighted by Crippen LogP contribution is 2.06. The molecule has 0 amide bonds. The lowest BCUT2D eigenvalue weighted by Crippen LogP contribution is -2.17. The van der Waals surface area contributed by atoms with E-state index in [0.717, 1.165) is 18.9 Å². The molecule has 5 heteroatoms. The topological polar surface area (TPSA) is 55.6 Å². The van der Waals surface area contributed by atoms with Gasteiger partial charge in [-0.2, -0.15) is 0 Å². The third kappa shape index (κ3) is 3.10. The summed E-state index contributed by atoms with van der Waals surface area (Å²) in [5, 5.41) is 15.0. The molecule has 90 valence electrons. The van der Waals surface area contributed by atoms with Crippen molar-refractivity contribution < 1.29 is 0 Å². The average molecular weight is 231 g/mol. The zero-order chi connectivity index (χ0) is 12.1. The van der Waals surface area contributed by atoms with Gasteiger partial charge in [0.1, 0.15) is 0 Å². The highest BCUT2D eigenvalue weighted by atomic mass is 15.5. The predicted molar refractivity (Wildman–Crippen MR) is 65.5 cm³/mol. The van der Waals surface area contributed by atoms with Gasteiger partial charge in [0.2, 0.25) is 0 Å². The molecule has 0 spiro atoms. The van der Waals surface area contributed by atoms with E-state index in [0.29, 0.717) is 6.54 Å². The van der Waals surface area contributed by atoms with Gasteiger partial charge in [-0.15, -0.1) is 5.10 Å². The number of nitrogens with one attached hydrogen (secondary N) is 1. The molecule has 1 N–H and O–H groups in total. The Morgan fingerprint density at radius 1 is 1.35 bits per heavy atom. The number of rotatable bonds is 5. The Kier molecular flexibility index (Phi) is 3.82. The first-order chi connectivity index (χ1) is 8.29. The molecule has 0 unspecified atom stereocenters. The van der Waals surface area contributed by atoms with Crippen LogP contribution in [-0.2, 0) is 13.1 Å². The molecule has 5 nitrogen and oxygen atoms in total. The van der Waals surface area contributed by atoms with Gasteiger partial charge < -0.3 is 5.32 Å². The summed E-state index contributed by atoms with van der Waals surface area (Å²) in [4.78, 5) is 0. The molecular weight excluding hydrogens is 214 g/mol. The van der Waals surface area contributed by atoms with Gasteiger partial charge in [-0.3, -0.25) is 0 Å². The maximum atomic E-state index is 4.01. The molecule has 0 saturated carbocycles. The first kappa shape index (κ1) is 11.7. The Morgan fingerprint density at radius 2 is 2.24 bits per heavy atom. The van der Waals surface area contributed by atoms with Gasteiger partial charge in [-0.25, -0.2) is 4.68 Å². The fourth-order valence-corrected chi connectivity index (χ4v) is 1.69. The molecule has 1 aromatic carbocycles. The van der Waals surface area contributed by atoms with Crippen molar-refractivity contribution in [1.82, 2.24) is 25.5 Å². The van der Waals surface area contributed by atoms with E-state index in [4.69, 9.17) is 0 Å². The fraction of sp³-hybridized carbons (Fsp3) is 0.417. The Morgan fingerprint density at radius 3 is 3.00 bits per heavy atom. The maximum Gasteiger partial charge on any atom is 0.165 e.